The van der Waals surface area contributed by atoms with Crippen LogP contribution < -0.4 is 4.90 Å². The number of halogens is 3. The molecule has 0 aliphatic carbocycles. The first-order chi connectivity index (χ1) is 9.76. The average molecular weight is 296 g/mol. The molecular formula is C15H15F3N2O. The van der Waals surface area contributed by atoms with Crippen molar-refractivity contribution < 1.29 is 18.3 Å². The summed E-state index contributed by atoms with van der Waals surface area (Å²) in [6.07, 6.45) is -3.66. The molecule has 112 valence electrons. The van der Waals surface area contributed by atoms with Gasteiger partial charge in [-0.3, -0.25) is 4.98 Å². The zero-order valence-electron chi connectivity index (χ0n) is 11.6. The van der Waals surface area contributed by atoms with Crippen molar-refractivity contribution in [3.05, 3.63) is 59.9 Å². The lowest BCUT2D eigenvalue weighted by atomic mass is 9.88. The minimum absolute atomic E-state index is 0.264. The lowest BCUT2D eigenvalue weighted by Crippen LogP contribution is -2.44. The minimum Gasteiger partial charge on any atom is -0.378 e. The van der Waals surface area contributed by atoms with Gasteiger partial charge in [-0.05, 0) is 24.3 Å². The van der Waals surface area contributed by atoms with Crippen molar-refractivity contribution in [2.75, 3.05) is 19.0 Å². The number of benzene rings is 1. The summed E-state index contributed by atoms with van der Waals surface area (Å²) >= 11 is 0. The molecule has 1 atom stereocenters. The fourth-order valence-corrected chi connectivity index (χ4v) is 2.04. The van der Waals surface area contributed by atoms with E-state index in [0.29, 0.717) is 5.69 Å². The quantitative estimate of drug-likeness (QED) is 0.946. The van der Waals surface area contributed by atoms with Crippen molar-refractivity contribution in [2.24, 2.45) is 0 Å². The zero-order valence-corrected chi connectivity index (χ0v) is 11.6. The third kappa shape index (κ3) is 2.71. The van der Waals surface area contributed by atoms with Gasteiger partial charge in [-0.15, -0.1) is 0 Å². The number of pyridine rings is 1. The van der Waals surface area contributed by atoms with Gasteiger partial charge in [-0.1, -0.05) is 18.2 Å². The van der Waals surface area contributed by atoms with Crippen molar-refractivity contribution in [3.63, 3.8) is 0 Å². The Morgan fingerprint density at radius 3 is 2.29 bits per heavy atom. The third-order valence-electron chi connectivity index (χ3n) is 3.23. The van der Waals surface area contributed by atoms with Crippen molar-refractivity contribution >= 4 is 5.69 Å². The van der Waals surface area contributed by atoms with Crippen molar-refractivity contribution in [3.8, 4) is 0 Å². The Labute approximate surface area is 120 Å². The molecule has 21 heavy (non-hydrogen) atoms. The maximum absolute atomic E-state index is 13.5. The number of hydrogen-bond acceptors (Lipinski definition) is 3. The molecule has 0 fully saturated rings. The van der Waals surface area contributed by atoms with E-state index in [0.717, 1.165) is 6.07 Å². The smallest absolute Gasteiger partial charge is 0.378 e. The second-order valence-corrected chi connectivity index (χ2v) is 4.87. The van der Waals surface area contributed by atoms with Gasteiger partial charge >= 0.3 is 6.18 Å². The van der Waals surface area contributed by atoms with E-state index in [4.69, 9.17) is 0 Å². The van der Waals surface area contributed by atoms with Crippen LogP contribution in [0.3, 0.4) is 0 Å². The van der Waals surface area contributed by atoms with Gasteiger partial charge in [0.15, 0.2) is 0 Å². The molecule has 1 N–H and O–H groups in total. The topological polar surface area (TPSA) is 36.4 Å². The van der Waals surface area contributed by atoms with Crippen LogP contribution in [0.5, 0.6) is 0 Å². The predicted molar refractivity (Wildman–Crippen MR) is 74.1 cm³/mol. The highest BCUT2D eigenvalue weighted by Crippen LogP contribution is 2.43. The van der Waals surface area contributed by atoms with Crippen LogP contribution in [0.15, 0.2) is 48.7 Å². The zero-order chi connectivity index (χ0) is 15.7. The average Bonchev–Trinajstić information content (AvgIpc) is 2.46. The van der Waals surface area contributed by atoms with Gasteiger partial charge < -0.3 is 10.0 Å². The molecule has 0 saturated carbocycles. The van der Waals surface area contributed by atoms with E-state index < -0.39 is 17.5 Å². The first kappa shape index (κ1) is 15.3. The molecule has 1 aromatic heterocycles. The second-order valence-electron chi connectivity index (χ2n) is 4.87. The Hall–Kier alpha value is -2.08. The summed E-state index contributed by atoms with van der Waals surface area (Å²) in [7, 11) is 3.43. The monoisotopic (exact) mass is 296 g/mol. The van der Waals surface area contributed by atoms with E-state index in [1.165, 1.54) is 36.5 Å². The number of aromatic nitrogens is 1. The largest absolute Gasteiger partial charge is 0.427 e. The molecule has 0 radical (unpaired) electrons. The van der Waals surface area contributed by atoms with E-state index in [1.807, 2.05) is 0 Å². The van der Waals surface area contributed by atoms with Gasteiger partial charge in [0.2, 0.25) is 5.60 Å². The molecule has 0 amide bonds. The highest BCUT2D eigenvalue weighted by Gasteiger charge is 2.57. The normalized spacial score (nSPS) is 14.6. The summed E-state index contributed by atoms with van der Waals surface area (Å²) in [6, 6.07) is 9.77. The van der Waals surface area contributed by atoms with Gasteiger partial charge in [-0.25, -0.2) is 0 Å². The molecule has 2 aromatic rings. The fourth-order valence-electron chi connectivity index (χ4n) is 2.04. The maximum Gasteiger partial charge on any atom is 0.427 e. The number of nitrogens with zero attached hydrogens (tertiary/aromatic N) is 2. The minimum atomic E-state index is -4.88. The summed E-state index contributed by atoms with van der Waals surface area (Å²) in [4.78, 5) is 5.35. The summed E-state index contributed by atoms with van der Waals surface area (Å²) in [5, 5.41) is 10.4. The molecule has 0 aliphatic heterocycles. The number of alkyl halides is 3. The van der Waals surface area contributed by atoms with Crippen molar-refractivity contribution in [2.45, 2.75) is 11.8 Å². The Kier molecular flexibility index (Phi) is 3.91. The molecule has 1 heterocycles. The molecule has 6 heteroatoms. The fraction of sp³-hybridized carbons (Fsp3) is 0.267. The van der Waals surface area contributed by atoms with E-state index in [2.05, 4.69) is 4.98 Å². The van der Waals surface area contributed by atoms with E-state index in [1.54, 1.807) is 25.1 Å². The summed E-state index contributed by atoms with van der Waals surface area (Å²) in [6.45, 7) is 0. The molecule has 1 unspecified atom stereocenters. The first-order valence-electron chi connectivity index (χ1n) is 6.25. The van der Waals surface area contributed by atoms with Crippen LogP contribution in [0.4, 0.5) is 18.9 Å². The third-order valence-corrected chi connectivity index (χ3v) is 3.23. The van der Waals surface area contributed by atoms with E-state index in [9.17, 15) is 18.3 Å². The predicted octanol–water partition coefficient (Wildman–Crippen LogP) is 2.95. The maximum atomic E-state index is 13.5. The van der Waals surface area contributed by atoms with Crippen LogP contribution in [-0.2, 0) is 5.60 Å². The summed E-state index contributed by atoms with van der Waals surface area (Å²) in [5.74, 6) is 0. The molecule has 0 bridgehead atoms. The molecular weight excluding hydrogens is 281 g/mol. The van der Waals surface area contributed by atoms with Crippen molar-refractivity contribution in [1.82, 2.24) is 4.98 Å². The first-order valence-corrected chi connectivity index (χ1v) is 6.25. The highest BCUT2D eigenvalue weighted by atomic mass is 19.4. The standard InChI is InChI=1S/C15H15F3N2O/c1-20(2)12-7-5-6-11(10-12)14(21,15(16,17)18)13-8-3-4-9-19-13/h3-10,21H,1-2H3. The highest BCUT2D eigenvalue weighted by molar-refractivity contribution is 5.50. The molecule has 3 nitrogen and oxygen atoms in total. The number of rotatable bonds is 3. The molecule has 0 saturated heterocycles. The SMILES string of the molecule is CN(C)c1cccc(C(O)(c2ccccn2)C(F)(F)F)c1. The van der Waals surface area contributed by atoms with Gasteiger partial charge in [-0.2, -0.15) is 13.2 Å². The van der Waals surface area contributed by atoms with Crippen LogP contribution in [0.25, 0.3) is 0 Å². The lowest BCUT2D eigenvalue weighted by molar-refractivity contribution is -0.249. The van der Waals surface area contributed by atoms with Crippen LogP contribution in [0.2, 0.25) is 0 Å². The molecule has 0 spiro atoms. The molecule has 2 rings (SSSR count). The van der Waals surface area contributed by atoms with Crippen molar-refractivity contribution in [1.29, 1.82) is 0 Å². The molecule has 0 aliphatic rings. The number of hydrogen-bond donors (Lipinski definition) is 1. The lowest BCUT2D eigenvalue weighted by Gasteiger charge is -2.31. The van der Waals surface area contributed by atoms with E-state index >= 15 is 0 Å². The summed E-state index contributed by atoms with van der Waals surface area (Å²) in [5.41, 5.74) is -3.29. The van der Waals surface area contributed by atoms with Gasteiger partial charge in [0, 0.05) is 31.5 Å². The summed E-state index contributed by atoms with van der Waals surface area (Å²) < 4.78 is 40.5. The Morgan fingerprint density at radius 1 is 1.05 bits per heavy atom. The number of aliphatic hydroxyl groups is 1. The van der Waals surface area contributed by atoms with Gasteiger partial charge in [0.25, 0.3) is 0 Å². The van der Waals surface area contributed by atoms with Crippen LogP contribution >= 0.6 is 0 Å². The van der Waals surface area contributed by atoms with Crippen LogP contribution in [0, 0.1) is 0 Å². The Bertz CT molecular complexity index is 614. The van der Waals surface area contributed by atoms with Crippen LogP contribution in [-0.4, -0.2) is 30.4 Å². The van der Waals surface area contributed by atoms with Gasteiger partial charge in [0.1, 0.15) is 0 Å². The second kappa shape index (κ2) is 5.37. The molecule has 1 aromatic carbocycles. The van der Waals surface area contributed by atoms with E-state index in [-0.39, 0.29) is 5.56 Å². The van der Waals surface area contributed by atoms with Crippen LogP contribution in [0.1, 0.15) is 11.3 Å². The van der Waals surface area contributed by atoms with Gasteiger partial charge in [0.05, 0.1) is 5.69 Å². The Morgan fingerprint density at radius 2 is 1.76 bits per heavy atom. The Balaban J connectivity index is 2.65. The number of anilines is 1.